The maximum Gasteiger partial charge on any atom is 0.471 e. The van der Waals surface area contributed by atoms with Gasteiger partial charge in [0.15, 0.2) is 0 Å². The summed E-state index contributed by atoms with van der Waals surface area (Å²) in [5, 5.41) is 12.3. The molecule has 8 nitrogen and oxygen atoms in total. The van der Waals surface area contributed by atoms with E-state index in [1.807, 2.05) is 41.3 Å². The lowest BCUT2D eigenvalue weighted by Gasteiger charge is -2.32. The van der Waals surface area contributed by atoms with Gasteiger partial charge in [-0.2, -0.15) is 18.4 Å². The third-order valence-corrected chi connectivity index (χ3v) is 7.31. The average molecular weight is 573 g/mol. The third-order valence-electron chi connectivity index (χ3n) is 7.31. The summed E-state index contributed by atoms with van der Waals surface area (Å²) in [6.45, 7) is 0.449. The molecule has 2 heterocycles. The Morgan fingerprint density at radius 1 is 1.00 bits per heavy atom. The number of alkyl halides is 3. The van der Waals surface area contributed by atoms with Crippen molar-refractivity contribution in [3.8, 4) is 6.07 Å². The lowest BCUT2D eigenvalue weighted by Crippen LogP contribution is -2.45. The van der Waals surface area contributed by atoms with Crippen LogP contribution in [0.5, 0.6) is 0 Å². The zero-order chi connectivity index (χ0) is 29.7. The van der Waals surface area contributed by atoms with Gasteiger partial charge in [0.05, 0.1) is 29.2 Å². The van der Waals surface area contributed by atoms with Crippen LogP contribution in [0.1, 0.15) is 35.4 Å². The van der Waals surface area contributed by atoms with Crippen molar-refractivity contribution in [3.05, 3.63) is 95.8 Å². The zero-order valence-electron chi connectivity index (χ0n) is 22.5. The monoisotopic (exact) mass is 572 g/mol. The summed E-state index contributed by atoms with van der Waals surface area (Å²) in [6.07, 6.45) is -0.750. The number of nitrogens with one attached hydrogen (secondary N) is 1. The topological polar surface area (TPSA) is 102 Å². The number of hydrogen-bond donors (Lipinski definition) is 1. The van der Waals surface area contributed by atoms with Crippen molar-refractivity contribution >= 4 is 34.2 Å². The molecule has 0 aliphatic carbocycles. The van der Waals surface area contributed by atoms with Crippen LogP contribution in [0.3, 0.4) is 0 Å². The number of nitriles is 1. The van der Waals surface area contributed by atoms with E-state index >= 15 is 0 Å². The summed E-state index contributed by atoms with van der Waals surface area (Å²) in [5.74, 6) is -2.03. The van der Waals surface area contributed by atoms with E-state index in [0.29, 0.717) is 36.3 Å². The smallest absolute Gasteiger partial charge is 0.358 e. The highest BCUT2D eigenvalue weighted by Crippen LogP contribution is 2.31. The second-order valence-electron chi connectivity index (χ2n) is 10.1. The molecule has 4 aromatic rings. The quantitative estimate of drug-likeness (QED) is 0.318. The van der Waals surface area contributed by atoms with Crippen molar-refractivity contribution in [3.63, 3.8) is 0 Å². The molecular formula is C31H27F3N6O2. The normalized spacial score (nSPS) is 13.9. The molecule has 0 bridgehead atoms. The molecule has 0 atom stereocenters. The van der Waals surface area contributed by atoms with Gasteiger partial charge >= 0.3 is 12.1 Å². The molecule has 1 saturated heterocycles. The van der Waals surface area contributed by atoms with Crippen LogP contribution in [0.2, 0.25) is 0 Å². The van der Waals surface area contributed by atoms with Crippen LogP contribution < -0.4 is 10.2 Å². The lowest BCUT2D eigenvalue weighted by atomic mass is 9.89. The minimum absolute atomic E-state index is 0.00102. The number of hydrogen-bond acceptors (Lipinski definition) is 6. The van der Waals surface area contributed by atoms with E-state index in [1.54, 1.807) is 42.7 Å². The minimum atomic E-state index is -4.86. The molecule has 1 fully saturated rings. The van der Waals surface area contributed by atoms with Crippen molar-refractivity contribution in [1.29, 1.82) is 5.26 Å². The van der Waals surface area contributed by atoms with Gasteiger partial charge in [0.2, 0.25) is 5.91 Å². The molecule has 0 radical (unpaired) electrons. The number of amides is 2. The summed E-state index contributed by atoms with van der Waals surface area (Å²) in [5.41, 5.74) is 5.04. The molecule has 5 rings (SSSR count). The van der Waals surface area contributed by atoms with Gasteiger partial charge < -0.3 is 15.1 Å². The number of benzene rings is 3. The molecule has 1 aromatic heterocycles. The van der Waals surface area contributed by atoms with Gasteiger partial charge in [-0.05, 0) is 66.3 Å². The lowest BCUT2D eigenvalue weighted by molar-refractivity contribution is -0.186. The standard InChI is InChI=1S/C31H27F3N6O2/c32-31(33,34)30(42)39-15-11-23(12-16-39)22-7-9-25(10-8-22)38-28(41)20-40(26-5-1-3-21(17-26)18-35)19-24-4-2-6-27-29(24)37-14-13-36-27/h1-10,13-14,17,23H,11-12,15-16,19-20H2,(H,38,41). The summed E-state index contributed by atoms with van der Waals surface area (Å²) >= 11 is 0. The SMILES string of the molecule is N#Cc1cccc(N(CC(=O)Nc2ccc(C3CCN(C(=O)C(F)(F)F)CC3)cc2)Cc2cccc3nccnc23)c1. The van der Waals surface area contributed by atoms with Crippen molar-refractivity contribution in [1.82, 2.24) is 14.9 Å². The summed E-state index contributed by atoms with van der Waals surface area (Å²) < 4.78 is 38.2. The van der Waals surface area contributed by atoms with Gasteiger partial charge in [0, 0.05) is 43.4 Å². The van der Waals surface area contributed by atoms with Crippen LogP contribution in [0.25, 0.3) is 11.0 Å². The van der Waals surface area contributed by atoms with Crippen molar-refractivity contribution in [2.45, 2.75) is 31.5 Å². The van der Waals surface area contributed by atoms with Crippen LogP contribution in [-0.2, 0) is 16.1 Å². The van der Waals surface area contributed by atoms with E-state index in [2.05, 4.69) is 21.4 Å². The Morgan fingerprint density at radius 3 is 2.43 bits per heavy atom. The molecule has 1 aliphatic rings. The maximum atomic E-state index is 13.2. The van der Waals surface area contributed by atoms with Crippen LogP contribution >= 0.6 is 0 Å². The summed E-state index contributed by atoms with van der Waals surface area (Å²) in [4.78, 5) is 36.3. The van der Waals surface area contributed by atoms with E-state index in [0.717, 1.165) is 27.1 Å². The summed E-state index contributed by atoms with van der Waals surface area (Å²) in [7, 11) is 0. The molecule has 42 heavy (non-hydrogen) atoms. The van der Waals surface area contributed by atoms with Gasteiger partial charge in [-0.1, -0.05) is 30.3 Å². The minimum Gasteiger partial charge on any atom is -0.358 e. The van der Waals surface area contributed by atoms with Crippen LogP contribution in [0.4, 0.5) is 24.5 Å². The predicted octanol–water partition coefficient (Wildman–Crippen LogP) is 5.42. The molecule has 11 heteroatoms. The number of nitrogens with zero attached hydrogens (tertiary/aromatic N) is 5. The molecule has 0 spiro atoms. The first-order chi connectivity index (χ1) is 20.2. The number of piperidine rings is 1. The van der Waals surface area contributed by atoms with E-state index in [4.69, 9.17) is 0 Å². The highest BCUT2D eigenvalue weighted by Gasteiger charge is 2.43. The Morgan fingerprint density at radius 2 is 1.71 bits per heavy atom. The van der Waals surface area contributed by atoms with Crippen LogP contribution in [-0.4, -0.2) is 52.5 Å². The fourth-order valence-corrected chi connectivity index (χ4v) is 5.20. The van der Waals surface area contributed by atoms with Crippen LogP contribution in [0.15, 0.2) is 79.1 Å². The molecule has 1 N–H and O–H groups in total. The van der Waals surface area contributed by atoms with E-state index in [1.165, 1.54) is 0 Å². The zero-order valence-corrected chi connectivity index (χ0v) is 22.5. The number of carbonyl (C=O) groups is 2. The highest BCUT2D eigenvalue weighted by molar-refractivity contribution is 5.94. The Labute approximate surface area is 240 Å². The average Bonchev–Trinajstić information content (AvgIpc) is 3.00. The molecule has 1 aliphatic heterocycles. The number of fused-ring (bicyclic) bond motifs is 1. The first-order valence-corrected chi connectivity index (χ1v) is 13.4. The highest BCUT2D eigenvalue weighted by atomic mass is 19.4. The Kier molecular flexibility index (Phi) is 8.33. The van der Waals surface area contributed by atoms with Gasteiger partial charge in [-0.3, -0.25) is 19.6 Å². The van der Waals surface area contributed by atoms with E-state index < -0.39 is 12.1 Å². The summed E-state index contributed by atoms with van der Waals surface area (Å²) in [6, 6.07) is 22.1. The number of halogens is 3. The number of likely N-dealkylation sites (tertiary alicyclic amines) is 1. The van der Waals surface area contributed by atoms with Gasteiger partial charge in [0.25, 0.3) is 0 Å². The molecule has 214 valence electrons. The van der Waals surface area contributed by atoms with Crippen molar-refractivity contribution < 1.29 is 22.8 Å². The molecule has 3 aromatic carbocycles. The fourth-order valence-electron chi connectivity index (χ4n) is 5.20. The molecule has 0 saturated carbocycles. The number of para-hydroxylation sites is 1. The first-order valence-electron chi connectivity index (χ1n) is 13.4. The van der Waals surface area contributed by atoms with Gasteiger partial charge in [-0.25, -0.2) is 0 Å². The second kappa shape index (κ2) is 12.3. The molecule has 0 unspecified atom stereocenters. The Hall–Kier alpha value is -4.98. The van der Waals surface area contributed by atoms with Gasteiger partial charge in [-0.15, -0.1) is 0 Å². The molecule has 2 amide bonds. The van der Waals surface area contributed by atoms with Crippen molar-refractivity contribution in [2.24, 2.45) is 0 Å². The van der Waals surface area contributed by atoms with E-state index in [-0.39, 0.29) is 31.5 Å². The van der Waals surface area contributed by atoms with Crippen LogP contribution in [0, 0.1) is 11.3 Å². The first kappa shape index (κ1) is 28.5. The number of carbonyl (C=O) groups excluding carboxylic acids is 2. The Balaban J connectivity index is 1.26. The number of anilines is 2. The van der Waals surface area contributed by atoms with Crippen molar-refractivity contribution in [2.75, 3.05) is 29.9 Å². The number of rotatable bonds is 7. The largest absolute Gasteiger partial charge is 0.471 e. The predicted molar refractivity (Wildman–Crippen MR) is 151 cm³/mol. The maximum absolute atomic E-state index is 13.2. The van der Waals surface area contributed by atoms with E-state index in [9.17, 15) is 28.0 Å². The fraction of sp³-hybridized carbons (Fsp3) is 0.258. The third kappa shape index (κ3) is 6.66. The molecular weight excluding hydrogens is 545 g/mol. The second-order valence-corrected chi connectivity index (χ2v) is 10.1. The van der Waals surface area contributed by atoms with Gasteiger partial charge in [0.1, 0.15) is 0 Å². The number of aromatic nitrogens is 2. The Bertz CT molecular complexity index is 1620.